The minimum atomic E-state index is -0.496. The molecule has 0 amide bonds. The van der Waals surface area contributed by atoms with E-state index in [1.165, 1.54) is 26.7 Å². The minimum absolute atomic E-state index is 0. The van der Waals surface area contributed by atoms with Crippen LogP contribution in [-0.2, 0) is 25.8 Å². The van der Waals surface area contributed by atoms with Crippen molar-refractivity contribution in [1.82, 2.24) is 0 Å². The summed E-state index contributed by atoms with van der Waals surface area (Å²) in [5.74, 6) is 0. The van der Waals surface area contributed by atoms with Gasteiger partial charge in [-0.3, -0.25) is 6.08 Å². The molecule has 0 aromatic heterocycles. The first-order chi connectivity index (χ1) is 10.4. The Morgan fingerprint density at radius 2 is 1.58 bits per heavy atom. The summed E-state index contributed by atoms with van der Waals surface area (Å²) in [6, 6.07) is 24.1. The molecule has 1 atom stereocenters. The van der Waals surface area contributed by atoms with Crippen molar-refractivity contribution in [3.05, 3.63) is 90.3 Å². The third kappa shape index (κ3) is 4.14. The smallest absolute Gasteiger partial charge is 1.00 e. The Labute approximate surface area is 175 Å². The van der Waals surface area contributed by atoms with E-state index in [-0.39, 0.29) is 50.7 Å². The van der Waals surface area contributed by atoms with Crippen LogP contribution in [-0.4, -0.2) is 0 Å². The molecule has 0 saturated carbocycles. The molecule has 0 spiro atoms. The quantitative estimate of drug-likeness (QED) is 0.221. The molecule has 0 saturated heterocycles. The van der Waals surface area contributed by atoms with Gasteiger partial charge in [-0.1, -0.05) is 44.3 Å². The van der Waals surface area contributed by atoms with E-state index in [2.05, 4.69) is 85.0 Å². The molecule has 0 aliphatic heterocycles. The Morgan fingerprint density at radius 1 is 0.875 bits per heavy atom. The minimum Gasteiger partial charge on any atom is -1.00 e. The summed E-state index contributed by atoms with van der Waals surface area (Å²) < 4.78 is 0. The molecule has 3 aromatic rings. The number of rotatable bonds is 3. The fourth-order valence-electron chi connectivity index (χ4n) is 2.86. The zero-order valence-corrected chi connectivity index (χ0v) is 18.9. The summed E-state index contributed by atoms with van der Waals surface area (Å²) in [5, 5.41) is 6.91. The van der Waals surface area contributed by atoms with E-state index in [4.69, 9.17) is 0 Å². The van der Waals surface area contributed by atoms with E-state index in [1.54, 1.807) is 0 Å². The molecule has 1 unspecified atom stereocenters. The molecular formula is C20H15Cl2HfP. The van der Waals surface area contributed by atoms with Gasteiger partial charge in [0.25, 0.3) is 0 Å². The molecular weight excluding hydrogens is 521 g/mol. The molecule has 4 rings (SSSR count). The van der Waals surface area contributed by atoms with Crippen LogP contribution in [0.25, 0.3) is 10.8 Å². The van der Waals surface area contributed by atoms with Crippen molar-refractivity contribution in [2.45, 2.75) is 6.42 Å². The standard InChI is InChI=1S/C20H15P.2ClH.Hf/c1-2-9-17(10-3-1)21(18-11-5-6-12-18)20-15-14-16-8-4-7-13-19(16)20;;;/h1-5,7-11,13-15H,6H2;2*1H;/q-2;;;+4/p-2. The molecule has 118 valence electrons. The largest absolute Gasteiger partial charge is 4.00 e. The van der Waals surface area contributed by atoms with E-state index in [1.807, 2.05) is 0 Å². The Balaban J connectivity index is 0.000000960. The van der Waals surface area contributed by atoms with Crippen molar-refractivity contribution in [3.8, 4) is 0 Å². The van der Waals surface area contributed by atoms with Gasteiger partial charge in [0.1, 0.15) is 0 Å². The molecule has 0 bridgehead atoms. The molecule has 4 heteroatoms. The van der Waals surface area contributed by atoms with Gasteiger partial charge < -0.3 is 24.8 Å². The third-order valence-electron chi connectivity index (χ3n) is 3.83. The van der Waals surface area contributed by atoms with Crippen LogP contribution in [0.1, 0.15) is 6.42 Å². The van der Waals surface area contributed by atoms with E-state index in [0.29, 0.717) is 0 Å². The number of allylic oxidation sites excluding steroid dienone is 4. The molecule has 0 radical (unpaired) electrons. The van der Waals surface area contributed by atoms with Crippen LogP contribution in [0.15, 0.2) is 84.2 Å². The molecule has 0 heterocycles. The number of halogens is 2. The van der Waals surface area contributed by atoms with E-state index < -0.39 is 7.92 Å². The Bertz CT molecular complexity index is 837. The van der Waals surface area contributed by atoms with Gasteiger partial charge in [0, 0.05) is 0 Å². The molecule has 1 aliphatic carbocycles. The van der Waals surface area contributed by atoms with Gasteiger partial charge in [-0.05, 0) is 5.30 Å². The number of fused-ring (bicyclic) bond motifs is 1. The van der Waals surface area contributed by atoms with Crippen molar-refractivity contribution in [2.24, 2.45) is 0 Å². The summed E-state index contributed by atoms with van der Waals surface area (Å²) >= 11 is 0. The normalized spacial score (nSPS) is 13.4. The summed E-state index contributed by atoms with van der Waals surface area (Å²) in [4.78, 5) is 0. The molecule has 0 nitrogen and oxygen atoms in total. The van der Waals surface area contributed by atoms with Crippen LogP contribution in [0.3, 0.4) is 0 Å². The second kappa shape index (κ2) is 9.78. The van der Waals surface area contributed by atoms with E-state index >= 15 is 0 Å². The van der Waals surface area contributed by atoms with Gasteiger partial charge in [-0.15, -0.1) is 46.8 Å². The average Bonchev–Trinajstić information content (AvgIpc) is 3.20. The Morgan fingerprint density at radius 3 is 2.29 bits per heavy atom. The number of hydrogen-bond donors (Lipinski definition) is 0. The average molecular weight is 536 g/mol. The predicted octanol–water partition coefficient (Wildman–Crippen LogP) is -1.36. The third-order valence-corrected chi connectivity index (χ3v) is 6.31. The fraction of sp³-hybridized carbons (Fsp3) is 0.0500. The van der Waals surface area contributed by atoms with E-state index in [0.717, 1.165) is 6.42 Å². The van der Waals surface area contributed by atoms with Crippen molar-refractivity contribution in [1.29, 1.82) is 0 Å². The van der Waals surface area contributed by atoms with Crippen LogP contribution in [0.2, 0.25) is 0 Å². The first kappa shape index (κ1) is 21.5. The predicted molar refractivity (Wildman–Crippen MR) is 92.7 cm³/mol. The summed E-state index contributed by atoms with van der Waals surface area (Å²) in [5.41, 5.74) is 0. The Hall–Kier alpha value is -0.590. The van der Waals surface area contributed by atoms with Gasteiger partial charge in [0.15, 0.2) is 0 Å². The number of hydrogen-bond acceptors (Lipinski definition) is 0. The maximum atomic E-state index is 3.54. The first-order valence-corrected chi connectivity index (χ1v) is 8.54. The van der Waals surface area contributed by atoms with Crippen LogP contribution in [0.4, 0.5) is 0 Å². The Kier molecular flexibility index (Phi) is 8.74. The van der Waals surface area contributed by atoms with Crippen molar-refractivity contribution >= 4 is 29.3 Å². The second-order valence-corrected chi connectivity index (χ2v) is 7.30. The maximum Gasteiger partial charge on any atom is 4.00 e. The van der Waals surface area contributed by atoms with Crippen LogP contribution in [0, 0.1) is 6.08 Å². The fourth-order valence-corrected chi connectivity index (χ4v) is 5.32. The molecule has 24 heavy (non-hydrogen) atoms. The summed E-state index contributed by atoms with van der Waals surface area (Å²) in [6.07, 6.45) is 8.94. The van der Waals surface area contributed by atoms with Crippen LogP contribution < -0.4 is 35.4 Å². The van der Waals surface area contributed by atoms with E-state index in [9.17, 15) is 0 Å². The zero-order chi connectivity index (χ0) is 14.1. The van der Waals surface area contributed by atoms with Crippen molar-refractivity contribution in [2.75, 3.05) is 0 Å². The first-order valence-electron chi connectivity index (χ1n) is 7.20. The van der Waals surface area contributed by atoms with Crippen LogP contribution >= 0.6 is 7.92 Å². The van der Waals surface area contributed by atoms with Gasteiger partial charge in [0.05, 0.1) is 0 Å². The number of benzene rings is 2. The molecule has 0 N–H and O–H groups in total. The van der Waals surface area contributed by atoms with Crippen molar-refractivity contribution in [3.63, 3.8) is 0 Å². The van der Waals surface area contributed by atoms with Crippen LogP contribution in [0.5, 0.6) is 0 Å². The topological polar surface area (TPSA) is 0 Å². The second-order valence-electron chi connectivity index (χ2n) is 5.15. The maximum absolute atomic E-state index is 3.54. The SMILES string of the molecule is [C-]1=C(P(c2ccccc2)[c-]2ccc3ccccc32)C=CC1.[Cl-].[Cl-].[Hf+4]. The van der Waals surface area contributed by atoms with Crippen molar-refractivity contribution < 1.29 is 50.7 Å². The van der Waals surface area contributed by atoms with Gasteiger partial charge >= 0.3 is 25.8 Å². The zero-order valence-electron chi connectivity index (χ0n) is 12.9. The summed E-state index contributed by atoms with van der Waals surface area (Å²) in [7, 11) is -0.496. The summed E-state index contributed by atoms with van der Waals surface area (Å²) in [6.45, 7) is 0. The molecule has 3 aromatic carbocycles. The monoisotopic (exact) mass is 536 g/mol. The van der Waals surface area contributed by atoms with Gasteiger partial charge in [-0.25, -0.2) is 6.08 Å². The molecule has 0 fully saturated rings. The molecule has 1 aliphatic rings. The van der Waals surface area contributed by atoms with Gasteiger partial charge in [0.2, 0.25) is 0 Å². The van der Waals surface area contributed by atoms with Gasteiger partial charge in [-0.2, -0.15) is 17.5 Å².